The number of nitriles is 1. The molecule has 152 valence electrons. The Morgan fingerprint density at radius 2 is 2.03 bits per heavy atom. The van der Waals surface area contributed by atoms with Gasteiger partial charge in [0.1, 0.15) is 31.4 Å². The van der Waals surface area contributed by atoms with E-state index in [4.69, 9.17) is 14.7 Å². The van der Waals surface area contributed by atoms with Gasteiger partial charge in [0.05, 0.1) is 30.0 Å². The molecule has 7 nitrogen and oxygen atoms in total. The standard InChI is InChI=1S/C22H27N5O2/c1-22(2,3)18-7-8-24-21(27-18)26-17-13-29-19-16(12-28-20(17)19)25-11-15-6-4-5-14(9-15)10-23/h4-9,16-17,19-20,25H,11-13H2,1-3H3,(H,24,26,27)/p+1/t16-,17-,19+,20+/m0/s1. The van der Waals surface area contributed by atoms with Crippen LogP contribution in [0.1, 0.15) is 37.6 Å². The summed E-state index contributed by atoms with van der Waals surface area (Å²) in [6.07, 6.45) is 1.83. The van der Waals surface area contributed by atoms with E-state index in [2.05, 4.69) is 47.4 Å². The molecule has 4 atom stereocenters. The number of nitrogens with zero attached hydrogens (tertiary/aromatic N) is 3. The highest BCUT2D eigenvalue weighted by atomic mass is 16.6. The van der Waals surface area contributed by atoms with Crippen LogP contribution in [0.5, 0.6) is 0 Å². The topological polar surface area (TPSA) is 96.7 Å². The number of quaternary nitrogens is 1. The van der Waals surface area contributed by atoms with E-state index in [1.165, 1.54) is 0 Å². The van der Waals surface area contributed by atoms with Gasteiger partial charge in [-0.15, -0.1) is 0 Å². The van der Waals surface area contributed by atoms with E-state index in [1.807, 2.05) is 30.3 Å². The first-order valence-corrected chi connectivity index (χ1v) is 10.1. The zero-order chi connectivity index (χ0) is 20.4. The molecular weight excluding hydrogens is 366 g/mol. The number of hydrogen-bond acceptors (Lipinski definition) is 6. The zero-order valence-electron chi connectivity index (χ0n) is 17.1. The van der Waals surface area contributed by atoms with Gasteiger partial charge in [-0.25, -0.2) is 9.97 Å². The molecule has 4 rings (SSSR count). The lowest BCUT2D eigenvalue weighted by Crippen LogP contribution is -2.91. The van der Waals surface area contributed by atoms with Crippen LogP contribution in [0.2, 0.25) is 0 Å². The van der Waals surface area contributed by atoms with Crippen molar-refractivity contribution in [3.8, 4) is 6.07 Å². The summed E-state index contributed by atoms with van der Waals surface area (Å²) in [7, 11) is 0. The van der Waals surface area contributed by atoms with Gasteiger partial charge in [-0.3, -0.25) is 0 Å². The molecule has 0 aliphatic carbocycles. The van der Waals surface area contributed by atoms with Gasteiger partial charge in [-0.2, -0.15) is 5.26 Å². The molecule has 0 saturated carbocycles. The summed E-state index contributed by atoms with van der Waals surface area (Å²) < 4.78 is 12.2. The molecule has 3 heterocycles. The number of fused-ring (bicyclic) bond motifs is 1. The summed E-state index contributed by atoms with van der Waals surface area (Å²) in [4.78, 5) is 9.04. The van der Waals surface area contributed by atoms with Crippen LogP contribution < -0.4 is 10.6 Å². The minimum absolute atomic E-state index is 0.0106. The highest BCUT2D eigenvalue weighted by Crippen LogP contribution is 2.28. The Balaban J connectivity index is 1.36. The predicted octanol–water partition coefficient (Wildman–Crippen LogP) is 1.36. The van der Waals surface area contributed by atoms with Crippen molar-refractivity contribution in [2.24, 2.45) is 0 Å². The van der Waals surface area contributed by atoms with Crippen molar-refractivity contribution in [3.63, 3.8) is 0 Å². The molecule has 0 spiro atoms. The van der Waals surface area contributed by atoms with Crippen molar-refractivity contribution in [1.29, 1.82) is 5.26 Å². The Bertz CT molecular complexity index is 905. The molecule has 3 N–H and O–H groups in total. The lowest BCUT2D eigenvalue weighted by atomic mass is 9.92. The van der Waals surface area contributed by atoms with Crippen LogP contribution in [0.4, 0.5) is 5.95 Å². The highest BCUT2D eigenvalue weighted by Gasteiger charge is 2.49. The van der Waals surface area contributed by atoms with E-state index in [9.17, 15) is 0 Å². The van der Waals surface area contributed by atoms with Crippen LogP contribution >= 0.6 is 0 Å². The average Bonchev–Trinajstić information content (AvgIpc) is 3.29. The maximum absolute atomic E-state index is 9.06. The minimum Gasteiger partial charge on any atom is -0.367 e. The van der Waals surface area contributed by atoms with E-state index in [-0.39, 0.29) is 29.7 Å². The molecule has 2 aliphatic heterocycles. The second-order valence-corrected chi connectivity index (χ2v) is 8.78. The molecule has 0 radical (unpaired) electrons. The smallest absolute Gasteiger partial charge is 0.223 e. The van der Waals surface area contributed by atoms with Crippen molar-refractivity contribution in [3.05, 3.63) is 53.3 Å². The largest absolute Gasteiger partial charge is 0.367 e. The maximum atomic E-state index is 9.06. The molecule has 1 aromatic heterocycles. The Morgan fingerprint density at radius 1 is 1.21 bits per heavy atom. The van der Waals surface area contributed by atoms with Crippen molar-refractivity contribution < 1.29 is 14.8 Å². The normalized spacial score (nSPS) is 26.1. The third-order valence-electron chi connectivity index (χ3n) is 5.54. The van der Waals surface area contributed by atoms with Gasteiger partial charge in [0.15, 0.2) is 0 Å². The summed E-state index contributed by atoms with van der Waals surface area (Å²) >= 11 is 0. The summed E-state index contributed by atoms with van der Waals surface area (Å²) in [6, 6.07) is 12.1. The van der Waals surface area contributed by atoms with E-state index in [0.29, 0.717) is 24.7 Å². The summed E-state index contributed by atoms with van der Waals surface area (Å²) in [5.41, 5.74) is 2.80. The van der Waals surface area contributed by atoms with Crippen molar-refractivity contribution in [2.75, 3.05) is 18.5 Å². The second kappa shape index (κ2) is 8.07. The summed E-state index contributed by atoms with van der Waals surface area (Å²) in [6.45, 7) is 8.44. The third kappa shape index (κ3) is 4.40. The molecule has 0 amide bonds. The van der Waals surface area contributed by atoms with Crippen LogP contribution in [-0.4, -0.2) is 47.5 Å². The highest BCUT2D eigenvalue weighted by molar-refractivity contribution is 5.32. The molecule has 29 heavy (non-hydrogen) atoms. The van der Waals surface area contributed by atoms with E-state index in [1.54, 1.807) is 6.20 Å². The third-order valence-corrected chi connectivity index (χ3v) is 5.54. The number of aromatic nitrogens is 2. The van der Waals surface area contributed by atoms with Crippen LogP contribution in [-0.2, 0) is 21.4 Å². The van der Waals surface area contributed by atoms with Crippen molar-refractivity contribution in [2.45, 2.75) is 57.0 Å². The molecule has 1 aromatic carbocycles. The van der Waals surface area contributed by atoms with Crippen molar-refractivity contribution >= 4 is 5.95 Å². The molecule has 2 aliphatic rings. The fourth-order valence-electron chi connectivity index (χ4n) is 3.92. The molecule has 2 fully saturated rings. The Morgan fingerprint density at radius 3 is 2.83 bits per heavy atom. The number of nitrogens with two attached hydrogens (primary N) is 1. The van der Waals surface area contributed by atoms with Crippen LogP contribution in [0.25, 0.3) is 0 Å². The number of hydrogen-bond donors (Lipinski definition) is 2. The fourth-order valence-corrected chi connectivity index (χ4v) is 3.92. The molecular formula is C22H28N5O2+. The van der Waals surface area contributed by atoms with Gasteiger partial charge in [0, 0.05) is 17.2 Å². The van der Waals surface area contributed by atoms with Gasteiger partial charge < -0.3 is 20.1 Å². The SMILES string of the molecule is CC(C)(C)c1ccnc(N[C@H]2CO[C@H]3[C@@H]2OC[C@@H]3[NH2+]Cc2cccc(C#N)c2)n1. The maximum Gasteiger partial charge on any atom is 0.223 e. The van der Waals surface area contributed by atoms with Crippen LogP contribution in [0.15, 0.2) is 36.5 Å². The van der Waals surface area contributed by atoms with E-state index >= 15 is 0 Å². The quantitative estimate of drug-likeness (QED) is 0.795. The first-order valence-electron chi connectivity index (χ1n) is 10.1. The summed E-state index contributed by atoms with van der Waals surface area (Å²) in [5, 5.41) is 14.7. The van der Waals surface area contributed by atoms with Crippen molar-refractivity contribution in [1.82, 2.24) is 9.97 Å². The van der Waals surface area contributed by atoms with Gasteiger partial charge in [0.25, 0.3) is 0 Å². The van der Waals surface area contributed by atoms with Crippen LogP contribution in [0.3, 0.4) is 0 Å². The van der Waals surface area contributed by atoms with Gasteiger partial charge >= 0.3 is 0 Å². The fraction of sp³-hybridized carbons (Fsp3) is 0.500. The Labute approximate surface area is 171 Å². The van der Waals surface area contributed by atoms with Gasteiger partial charge in [0.2, 0.25) is 5.95 Å². The Kier molecular flexibility index (Phi) is 5.50. The lowest BCUT2D eigenvalue weighted by Gasteiger charge is -2.20. The number of benzene rings is 1. The number of anilines is 1. The van der Waals surface area contributed by atoms with Gasteiger partial charge in [-0.05, 0) is 18.2 Å². The van der Waals surface area contributed by atoms with Crippen LogP contribution in [0, 0.1) is 11.3 Å². The van der Waals surface area contributed by atoms with Gasteiger partial charge in [-0.1, -0.05) is 32.9 Å². The summed E-state index contributed by atoms with van der Waals surface area (Å²) in [5.74, 6) is 0.621. The predicted molar refractivity (Wildman–Crippen MR) is 108 cm³/mol. The average molecular weight is 394 g/mol. The molecule has 2 aromatic rings. The molecule has 7 heteroatoms. The zero-order valence-corrected chi connectivity index (χ0v) is 17.1. The number of rotatable bonds is 5. The molecule has 2 saturated heterocycles. The molecule has 0 unspecified atom stereocenters. The Hall–Kier alpha value is -2.53. The monoisotopic (exact) mass is 394 g/mol. The first kappa shape index (κ1) is 19.8. The number of nitrogens with one attached hydrogen (secondary N) is 1. The van der Waals surface area contributed by atoms with E-state index < -0.39 is 0 Å². The molecule has 0 bridgehead atoms. The lowest BCUT2D eigenvalue weighted by molar-refractivity contribution is -0.707. The van der Waals surface area contributed by atoms with E-state index in [0.717, 1.165) is 17.8 Å². The minimum atomic E-state index is -0.0269. The second-order valence-electron chi connectivity index (χ2n) is 8.78. The first-order chi connectivity index (χ1) is 13.9. The number of ether oxygens (including phenoxy) is 2.